The van der Waals surface area contributed by atoms with Gasteiger partial charge in [0.1, 0.15) is 0 Å². The molecule has 1 rings (SSSR count). The molecule has 110 valence electrons. The van der Waals surface area contributed by atoms with Crippen LogP contribution in [0.2, 0.25) is 5.02 Å². The normalized spacial score (nSPS) is 11.6. The van der Waals surface area contributed by atoms with Gasteiger partial charge >= 0.3 is 0 Å². The molecule has 0 aliphatic rings. The summed E-state index contributed by atoms with van der Waals surface area (Å²) in [5.41, 5.74) is 0.743. The van der Waals surface area contributed by atoms with E-state index in [9.17, 15) is 8.42 Å². The molecule has 0 bridgehead atoms. The molecule has 0 spiro atoms. The second-order valence-corrected chi connectivity index (χ2v) is 6.67. The van der Waals surface area contributed by atoms with Gasteiger partial charge in [-0.1, -0.05) is 24.4 Å². The number of halogens is 1. The third-order valence-corrected chi connectivity index (χ3v) is 4.97. The molecule has 0 unspecified atom stereocenters. The summed E-state index contributed by atoms with van der Waals surface area (Å²) >= 11 is 6.05. The van der Waals surface area contributed by atoms with Crippen molar-refractivity contribution in [3.8, 4) is 12.3 Å². The maximum Gasteiger partial charge on any atom is 0.243 e. The van der Waals surface area contributed by atoms with Gasteiger partial charge in [0, 0.05) is 18.1 Å². The fourth-order valence-electron chi connectivity index (χ4n) is 1.82. The van der Waals surface area contributed by atoms with Crippen molar-refractivity contribution in [3.63, 3.8) is 0 Å². The van der Waals surface area contributed by atoms with Gasteiger partial charge in [-0.2, -0.15) is 4.31 Å². The molecule has 0 saturated carbocycles. The van der Waals surface area contributed by atoms with Gasteiger partial charge in [-0.25, -0.2) is 8.42 Å². The van der Waals surface area contributed by atoms with Crippen LogP contribution in [-0.4, -0.2) is 32.9 Å². The molecule has 0 heterocycles. The molecule has 1 aromatic rings. The second-order valence-electron chi connectivity index (χ2n) is 4.33. The van der Waals surface area contributed by atoms with Gasteiger partial charge in [-0.3, -0.25) is 0 Å². The van der Waals surface area contributed by atoms with Gasteiger partial charge < -0.3 is 5.32 Å². The van der Waals surface area contributed by atoms with Crippen molar-refractivity contribution in [1.82, 2.24) is 9.62 Å². The van der Waals surface area contributed by atoms with E-state index in [-0.39, 0.29) is 11.4 Å². The third-order valence-electron chi connectivity index (χ3n) is 2.76. The van der Waals surface area contributed by atoms with Crippen molar-refractivity contribution in [2.24, 2.45) is 0 Å². The first kappa shape index (κ1) is 17.0. The average Bonchev–Trinajstić information content (AvgIpc) is 2.41. The predicted molar refractivity (Wildman–Crippen MR) is 82.1 cm³/mol. The Labute approximate surface area is 126 Å². The van der Waals surface area contributed by atoms with Crippen molar-refractivity contribution >= 4 is 21.6 Å². The van der Waals surface area contributed by atoms with E-state index in [2.05, 4.69) is 11.2 Å². The summed E-state index contributed by atoms with van der Waals surface area (Å²) in [6.45, 7) is 2.88. The highest BCUT2D eigenvalue weighted by atomic mass is 35.5. The average molecular weight is 315 g/mol. The van der Waals surface area contributed by atoms with E-state index in [4.69, 9.17) is 18.0 Å². The Morgan fingerprint density at radius 2 is 2.15 bits per heavy atom. The number of terminal acetylenes is 1. The number of hydrogen-bond donors (Lipinski definition) is 1. The molecule has 0 aromatic heterocycles. The Morgan fingerprint density at radius 3 is 2.70 bits per heavy atom. The molecular weight excluding hydrogens is 296 g/mol. The fourth-order valence-corrected chi connectivity index (χ4v) is 3.50. The SMILES string of the molecule is C#CCN(CCC)S(=O)(=O)c1ccc(Cl)c(CNC)c1. The van der Waals surface area contributed by atoms with Gasteiger partial charge in [0.05, 0.1) is 11.4 Å². The Morgan fingerprint density at radius 1 is 1.45 bits per heavy atom. The predicted octanol–water partition coefficient (Wildman–Crippen LogP) is 2.09. The molecule has 0 radical (unpaired) electrons. The minimum Gasteiger partial charge on any atom is -0.316 e. The molecule has 1 aromatic carbocycles. The largest absolute Gasteiger partial charge is 0.316 e. The van der Waals surface area contributed by atoms with Crippen LogP contribution in [-0.2, 0) is 16.6 Å². The first-order valence-electron chi connectivity index (χ1n) is 6.34. The zero-order valence-electron chi connectivity index (χ0n) is 11.7. The Balaban J connectivity index is 3.20. The lowest BCUT2D eigenvalue weighted by Crippen LogP contribution is -2.32. The van der Waals surface area contributed by atoms with E-state index in [0.717, 1.165) is 5.56 Å². The molecule has 1 N–H and O–H groups in total. The Hall–Kier alpha value is -1.06. The molecular formula is C14H19ClN2O2S. The zero-order valence-corrected chi connectivity index (χ0v) is 13.3. The minimum atomic E-state index is -3.58. The molecule has 0 fully saturated rings. The smallest absolute Gasteiger partial charge is 0.243 e. The van der Waals surface area contributed by atoms with Gasteiger partial charge in [0.2, 0.25) is 10.0 Å². The first-order valence-corrected chi connectivity index (χ1v) is 8.15. The lowest BCUT2D eigenvalue weighted by molar-refractivity contribution is 0.445. The highest BCUT2D eigenvalue weighted by Gasteiger charge is 2.23. The summed E-state index contributed by atoms with van der Waals surface area (Å²) in [7, 11) is -1.80. The van der Waals surface area contributed by atoms with Crippen molar-refractivity contribution in [3.05, 3.63) is 28.8 Å². The number of sulfonamides is 1. The molecule has 4 nitrogen and oxygen atoms in total. The highest BCUT2D eigenvalue weighted by molar-refractivity contribution is 7.89. The molecule has 0 amide bonds. The van der Waals surface area contributed by atoms with Crippen LogP contribution in [0, 0.1) is 12.3 Å². The van der Waals surface area contributed by atoms with Crippen molar-refractivity contribution in [2.45, 2.75) is 24.8 Å². The lowest BCUT2D eigenvalue weighted by Gasteiger charge is -2.19. The topological polar surface area (TPSA) is 49.4 Å². The van der Waals surface area contributed by atoms with Gasteiger partial charge in [-0.05, 0) is 37.2 Å². The summed E-state index contributed by atoms with van der Waals surface area (Å²) in [5, 5.41) is 3.50. The maximum absolute atomic E-state index is 12.5. The van der Waals surface area contributed by atoms with Gasteiger partial charge in [0.15, 0.2) is 0 Å². The van der Waals surface area contributed by atoms with Gasteiger partial charge in [-0.15, -0.1) is 6.42 Å². The highest BCUT2D eigenvalue weighted by Crippen LogP contribution is 2.23. The van der Waals surface area contributed by atoms with E-state index >= 15 is 0 Å². The summed E-state index contributed by atoms with van der Waals surface area (Å²) in [4.78, 5) is 0.218. The molecule has 0 aliphatic heterocycles. The first-order chi connectivity index (χ1) is 9.47. The van der Waals surface area contributed by atoms with E-state index < -0.39 is 10.0 Å². The van der Waals surface area contributed by atoms with Crippen LogP contribution in [0.25, 0.3) is 0 Å². The number of rotatable bonds is 7. The summed E-state index contributed by atoms with van der Waals surface area (Å²) in [5.74, 6) is 2.39. The van der Waals surface area contributed by atoms with E-state index in [0.29, 0.717) is 24.5 Å². The van der Waals surface area contributed by atoms with Gasteiger partial charge in [0.25, 0.3) is 0 Å². The lowest BCUT2D eigenvalue weighted by atomic mass is 10.2. The monoisotopic (exact) mass is 314 g/mol. The van der Waals surface area contributed by atoms with E-state index in [1.165, 1.54) is 10.4 Å². The zero-order chi connectivity index (χ0) is 15.2. The number of hydrogen-bond acceptors (Lipinski definition) is 3. The number of nitrogens with one attached hydrogen (secondary N) is 1. The van der Waals surface area contributed by atoms with Crippen LogP contribution in [0.3, 0.4) is 0 Å². The minimum absolute atomic E-state index is 0.0696. The molecule has 6 heteroatoms. The van der Waals surface area contributed by atoms with Crippen LogP contribution in [0.1, 0.15) is 18.9 Å². The van der Waals surface area contributed by atoms with E-state index in [1.54, 1.807) is 19.2 Å². The van der Waals surface area contributed by atoms with Crippen LogP contribution >= 0.6 is 11.6 Å². The molecule has 0 aliphatic carbocycles. The molecule has 0 atom stereocenters. The number of nitrogens with zero attached hydrogens (tertiary/aromatic N) is 1. The molecule has 20 heavy (non-hydrogen) atoms. The number of benzene rings is 1. The summed E-state index contributed by atoms with van der Waals surface area (Å²) < 4.78 is 26.4. The third kappa shape index (κ3) is 3.97. The Bertz CT molecular complexity index is 594. The van der Waals surface area contributed by atoms with Crippen LogP contribution < -0.4 is 5.32 Å². The van der Waals surface area contributed by atoms with Crippen LogP contribution in [0.4, 0.5) is 0 Å². The summed E-state index contributed by atoms with van der Waals surface area (Å²) in [6.07, 6.45) is 5.96. The van der Waals surface area contributed by atoms with Crippen LogP contribution in [0.5, 0.6) is 0 Å². The molecule has 0 saturated heterocycles. The van der Waals surface area contributed by atoms with Crippen LogP contribution in [0.15, 0.2) is 23.1 Å². The summed E-state index contributed by atoms with van der Waals surface area (Å²) in [6, 6.07) is 4.70. The quantitative estimate of drug-likeness (QED) is 0.784. The Kier molecular flexibility index (Phi) is 6.50. The standard InChI is InChI=1S/C14H19ClN2O2S/c1-4-8-17(9-5-2)20(18,19)13-6-7-14(15)12(10-13)11-16-3/h1,6-7,10,16H,5,8-9,11H2,2-3H3. The van der Waals surface area contributed by atoms with Crippen molar-refractivity contribution in [2.75, 3.05) is 20.1 Å². The van der Waals surface area contributed by atoms with Crippen molar-refractivity contribution in [1.29, 1.82) is 0 Å². The van der Waals surface area contributed by atoms with E-state index in [1.807, 2.05) is 6.92 Å². The van der Waals surface area contributed by atoms with Crippen molar-refractivity contribution < 1.29 is 8.42 Å². The second kappa shape index (κ2) is 7.65. The maximum atomic E-state index is 12.5. The fraction of sp³-hybridized carbons (Fsp3) is 0.429.